The predicted molar refractivity (Wildman–Crippen MR) is 56.5 cm³/mol. The molecule has 0 aromatic carbocycles. The normalized spacial score (nSPS) is 12.4. The highest BCUT2D eigenvalue weighted by molar-refractivity contribution is 5.75. The summed E-state index contributed by atoms with van der Waals surface area (Å²) >= 11 is 0. The fourth-order valence-corrected chi connectivity index (χ4v) is 1.43. The molecule has 0 saturated carbocycles. The molecular formula is C10H15N3O2. The summed E-state index contributed by atoms with van der Waals surface area (Å²) in [5.41, 5.74) is 1.41. The molecule has 1 heterocycles. The Morgan fingerprint density at radius 1 is 1.87 bits per heavy atom. The molecule has 5 nitrogen and oxygen atoms in total. The van der Waals surface area contributed by atoms with E-state index >= 15 is 0 Å². The van der Waals surface area contributed by atoms with Crippen molar-refractivity contribution in [1.29, 1.82) is 0 Å². The van der Waals surface area contributed by atoms with Crippen molar-refractivity contribution in [3.8, 4) is 0 Å². The lowest BCUT2D eigenvalue weighted by molar-refractivity contribution is -0.139. The van der Waals surface area contributed by atoms with Crippen LogP contribution >= 0.6 is 0 Å². The Kier molecular flexibility index (Phi) is 3.62. The topological polar surface area (TPSA) is 67.2 Å². The van der Waals surface area contributed by atoms with Crippen molar-refractivity contribution in [2.24, 2.45) is 7.05 Å². The zero-order chi connectivity index (χ0) is 11.4. The first-order valence-corrected chi connectivity index (χ1v) is 4.63. The number of carboxylic acid groups (broad SMARTS) is 1. The molecule has 0 fully saturated rings. The predicted octanol–water partition coefficient (Wildman–Crippen LogP) is 0.630. The number of aliphatic carboxylic acids is 1. The Morgan fingerprint density at radius 2 is 2.53 bits per heavy atom. The summed E-state index contributed by atoms with van der Waals surface area (Å²) in [5.74, 6) is -0.909. The number of hydrogen-bond donors (Lipinski definition) is 2. The van der Waals surface area contributed by atoms with Crippen molar-refractivity contribution < 1.29 is 9.90 Å². The molecule has 2 N–H and O–H groups in total. The Hall–Kier alpha value is -1.62. The molecule has 1 atom stereocenters. The second kappa shape index (κ2) is 4.75. The molecule has 0 aliphatic rings. The highest BCUT2D eigenvalue weighted by Crippen LogP contribution is 2.16. The molecule has 0 aliphatic carbocycles. The first-order valence-electron chi connectivity index (χ1n) is 4.63. The fraction of sp³-hybridized carbons (Fsp3) is 0.400. The van der Waals surface area contributed by atoms with Gasteiger partial charge in [0.25, 0.3) is 0 Å². The van der Waals surface area contributed by atoms with Crippen molar-refractivity contribution >= 4 is 5.97 Å². The van der Waals surface area contributed by atoms with Gasteiger partial charge in [0.15, 0.2) is 0 Å². The Bertz CT molecular complexity index is 371. The standard InChI is InChI=1S/C10H15N3O2/c1-4-5-11-9(10(14)15)8-6-13(3)12-7(8)2/h4,6,9,11H,1,5H2,2-3H3,(H,14,15). The molecule has 1 aromatic rings. The van der Waals surface area contributed by atoms with E-state index < -0.39 is 12.0 Å². The smallest absolute Gasteiger partial charge is 0.325 e. The number of aromatic nitrogens is 2. The van der Waals surface area contributed by atoms with Crippen LogP contribution < -0.4 is 5.32 Å². The molecule has 0 aliphatic heterocycles. The van der Waals surface area contributed by atoms with Crippen LogP contribution in [0, 0.1) is 6.92 Å². The summed E-state index contributed by atoms with van der Waals surface area (Å²) in [6.07, 6.45) is 3.34. The van der Waals surface area contributed by atoms with Crippen LogP contribution in [-0.4, -0.2) is 27.4 Å². The van der Waals surface area contributed by atoms with Crippen LogP contribution in [0.3, 0.4) is 0 Å². The molecule has 15 heavy (non-hydrogen) atoms. The van der Waals surface area contributed by atoms with E-state index in [1.807, 2.05) is 0 Å². The zero-order valence-electron chi connectivity index (χ0n) is 8.90. The van der Waals surface area contributed by atoms with E-state index in [2.05, 4.69) is 17.0 Å². The molecule has 0 saturated heterocycles. The van der Waals surface area contributed by atoms with Crippen LogP contribution in [0.1, 0.15) is 17.3 Å². The van der Waals surface area contributed by atoms with E-state index in [-0.39, 0.29) is 0 Å². The lowest BCUT2D eigenvalue weighted by atomic mass is 10.1. The SMILES string of the molecule is C=CCNC(C(=O)O)c1cn(C)nc1C. The van der Waals surface area contributed by atoms with Gasteiger partial charge >= 0.3 is 5.97 Å². The largest absolute Gasteiger partial charge is 0.480 e. The van der Waals surface area contributed by atoms with Crippen molar-refractivity contribution in [2.75, 3.05) is 6.54 Å². The van der Waals surface area contributed by atoms with Gasteiger partial charge in [-0.2, -0.15) is 5.10 Å². The molecule has 5 heteroatoms. The number of aryl methyl sites for hydroxylation is 2. The van der Waals surface area contributed by atoms with E-state index in [9.17, 15) is 4.79 Å². The van der Waals surface area contributed by atoms with Crippen LogP contribution in [0.15, 0.2) is 18.9 Å². The van der Waals surface area contributed by atoms with Crippen molar-refractivity contribution in [3.63, 3.8) is 0 Å². The van der Waals surface area contributed by atoms with Crippen LogP contribution in [0.4, 0.5) is 0 Å². The number of rotatable bonds is 5. The Labute approximate surface area is 88.4 Å². The van der Waals surface area contributed by atoms with E-state index in [4.69, 9.17) is 5.11 Å². The zero-order valence-corrected chi connectivity index (χ0v) is 8.90. The van der Waals surface area contributed by atoms with Gasteiger partial charge in [-0.1, -0.05) is 6.08 Å². The summed E-state index contributed by atoms with van der Waals surface area (Å²) in [6, 6.07) is -0.725. The quantitative estimate of drug-likeness (QED) is 0.698. The number of nitrogens with zero attached hydrogens (tertiary/aromatic N) is 2. The average Bonchev–Trinajstić information content (AvgIpc) is 2.46. The first-order chi connectivity index (χ1) is 7.06. The minimum absolute atomic E-state index is 0.450. The summed E-state index contributed by atoms with van der Waals surface area (Å²) in [5, 5.41) is 16.0. The maximum Gasteiger partial charge on any atom is 0.325 e. The number of carboxylic acids is 1. The van der Waals surface area contributed by atoms with E-state index in [0.29, 0.717) is 12.1 Å². The summed E-state index contributed by atoms with van der Waals surface area (Å²) in [7, 11) is 1.77. The van der Waals surface area contributed by atoms with Gasteiger partial charge in [-0.3, -0.25) is 14.8 Å². The molecule has 1 rings (SSSR count). The average molecular weight is 209 g/mol. The third-order valence-electron chi connectivity index (χ3n) is 2.08. The van der Waals surface area contributed by atoms with Crippen LogP contribution in [0.25, 0.3) is 0 Å². The number of nitrogens with one attached hydrogen (secondary N) is 1. The van der Waals surface area contributed by atoms with Crippen molar-refractivity contribution in [2.45, 2.75) is 13.0 Å². The first kappa shape index (κ1) is 11.5. The molecule has 0 amide bonds. The highest BCUT2D eigenvalue weighted by Gasteiger charge is 2.22. The molecule has 1 aromatic heterocycles. The lowest BCUT2D eigenvalue weighted by Crippen LogP contribution is -2.28. The van der Waals surface area contributed by atoms with Gasteiger partial charge < -0.3 is 5.11 Å². The second-order valence-corrected chi connectivity index (χ2v) is 3.31. The van der Waals surface area contributed by atoms with Gasteiger partial charge in [0, 0.05) is 25.4 Å². The van der Waals surface area contributed by atoms with Gasteiger partial charge in [-0.05, 0) is 6.92 Å². The fourth-order valence-electron chi connectivity index (χ4n) is 1.43. The second-order valence-electron chi connectivity index (χ2n) is 3.31. The number of carbonyl (C=O) groups is 1. The highest BCUT2D eigenvalue weighted by atomic mass is 16.4. The monoisotopic (exact) mass is 209 g/mol. The summed E-state index contributed by atoms with van der Waals surface area (Å²) in [6.45, 7) is 5.78. The van der Waals surface area contributed by atoms with Gasteiger partial charge in [-0.15, -0.1) is 6.58 Å². The molecule has 1 unspecified atom stereocenters. The Morgan fingerprint density at radius 3 is 2.93 bits per heavy atom. The molecule has 0 spiro atoms. The molecular weight excluding hydrogens is 194 g/mol. The maximum absolute atomic E-state index is 11.0. The van der Waals surface area contributed by atoms with Crippen LogP contribution in [0.5, 0.6) is 0 Å². The van der Waals surface area contributed by atoms with Crippen LogP contribution in [-0.2, 0) is 11.8 Å². The maximum atomic E-state index is 11.0. The van der Waals surface area contributed by atoms with Gasteiger partial charge in [0.2, 0.25) is 0 Å². The number of hydrogen-bond acceptors (Lipinski definition) is 3. The molecule has 0 radical (unpaired) electrons. The summed E-state index contributed by atoms with van der Waals surface area (Å²) < 4.78 is 1.61. The van der Waals surface area contributed by atoms with Gasteiger partial charge in [-0.25, -0.2) is 0 Å². The lowest BCUT2D eigenvalue weighted by Gasteiger charge is -2.11. The summed E-state index contributed by atoms with van der Waals surface area (Å²) in [4.78, 5) is 11.0. The molecule has 82 valence electrons. The van der Waals surface area contributed by atoms with Crippen molar-refractivity contribution in [3.05, 3.63) is 30.1 Å². The van der Waals surface area contributed by atoms with E-state index in [1.54, 1.807) is 30.9 Å². The van der Waals surface area contributed by atoms with Crippen molar-refractivity contribution in [1.82, 2.24) is 15.1 Å². The third-order valence-corrected chi connectivity index (χ3v) is 2.08. The van der Waals surface area contributed by atoms with E-state index in [0.717, 1.165) is 5.69 Å². The molecule has 0 bridgehead atoms. The van der Waals surface area contributed by atoms with Gasteiger partial charge in [0.05, 0.1) is 5.69 Å². The minimum atomic E-state index is -0.909. The van der Waals surface area contributed by atoms with Gasteiger partial charge in [0.1, 0.15) is 6.04 Å². The minimum Gasteiger partial charge on any atom is -0.480 e. The third kappa shape index (κ3) is 2.66. The van der Waals surface area contributed by atoms with E-state index in [1.165, 1.54) is 0 Å². The van der Waals surface area contributed by atoms with Crippen LogP contribution in [0.2, 0.25) is 0 Å². The Balaban J connectivity index is 2.93.